The first-order valence-electron chi connectivity index (χ1n) is 5.45. The first-order chi connectivity index (χ1) is 6.12. The monoisotopic (exact) mass is 266 g/mol. The molecule has 0 aromatic heterocycles. The van der Waals surface area contributed by atoms with Crippen molar-refractivity contribution in [3.63, 3.8) is 0 Å². The highest BCUT2D eigenvalue weighted by molar-refractivity contribution is 9.25. The van der Waals surface area contributed by atoms with Crippen LogP contribution < -0.4 is 0 Å². The Morgan fingerprint density at radius 3 is 2.31 bits per heavy atom. The fourth-order valence-electron chi connectivity index (χ4n) is 1.25. The van der Waals surface area contributed by atoms with Crippen molar-refractivity contribution in [2.24, 2.45) is 0 Å². The van der Waals surface area contributed by atoms with Crippen LogP contribution in [0.4, 0.5) is 0 Å². The van der Waals surface area contributed by atoms with Gasteiger partial charge in [-0.25, -0.2) is 0 Å². The van der Waals surface area contributed by atoms with E-state index >= 15 is 0 Å². The molecule has 0 radical (unpaired) electrons. The summed E-state index contributed by atoms with van der Waals surface area (Å²) in [5.74, 6) is 0. The van der Waals surface area contributed by atoms with Gasteiger partial charge in [0.2, 0.25) is 0 Å². The maximum atomic E-state index is 5.81. The van der Waals surface area contributed by atoms with Crippen LogP contribution in [-0.4, -0.2) is 13.5 Å². The molecule has 0 aliphatic carbocycles. The van der Waals surface area contributed by atoms with Crippen molar-refractivity contribution in [2.75, 3.05) is 6.61 Å². The lowest BCUT2D eigenvalue weighted by Gasteiger charge is -2.19. The predicted octanol–water partition coefficient (Wildman–Crippen LogP) is 4.46. The van der Waals surface area contributed by atoms with Crippen LogP contribution in [0.2, 0.25) is 12.6 Å². The molecule has 3 heteroatoms. The zero-order valence-electron chi connectivity index (χ0n) is 9.24. The van der Waals surface area contributed by atoms with Gasteiger partial charge in [-0.2, -0.15) is 0 Å². The van der Waals surface area contributed by atoms with Crippen LogP contribution in [0.15, 0.2) is 0 Å². The van der Waals surface area contributed by atoms with Gasteiger partial charge < -0.3 is 4.43 Å². The Kier molecular flexibility index (Phi) is 8.41. The summed E-state index contributed by atoms with van der Waals surface area (Å²) < 4.78 is 5.81. The summed E-state index contributed by atoms with van der Waals surface area (Å²) in [7, 11) is 0. The average molecular weight is 267 g/mol. The van der Waals surface area contributed by atoms with E-state index in [1.54, 1.807) is 0 Å². The topological polar surface area (TPSA) is 9.23 Å². The van der Waals surface area contributed by atoms with Gasteiger partial charge in [0.1, 0.15) is 0 Å². The Hall–Kier alpha value is 0.657. The molecule has 0 aromatic rings. The molecule has 1 nitrogen and oxygen atoms in total. The smallest absolute Gasteiger partial charge is 0.260 e. The highest BCUT2D eigenvalue weighted by Gasteiger charge is 2.23. The molecular weight excluding hydrogens is 244 g/mol. The molecule has 0 aliphatic heterocycles. The van der Waals surface area contributed by atoms with Gasteiger partial charge in [0.15, 0.2) is 0 Å². The van der Waals surface area contributed by atoms with Gasteiger partial charge in [-0.15, -0.1) is 0 Å². The molecule has 0 heterocycles. The lowest BCUT2D eigenvalue weighted by atomic mass is 10.2. The highest BCUT2D eigenvalue weighted by Crippen LogP contribution is 2.22. The van der Waals surface area contributed by atoms with Crippen molar-refractivity contribution in [1.29, 1.82) is 0 Å². The molecule has 13 heavy (non-hydrogen) atoms. The lowest BCUT2D eigenvalue weighted by Crippen LogP contribution is -2.26. The third-order valence-electron chi connectivity index (χ3n) is 2.08. The molecule has 0 amide bonds. The Labute approximate surface area is 92.0 Å². The van der Waals surface area contributed by atoms with Crippen LogP contribution in [-0.2, 0) is 4.43 Å². The first-order valence-corrected chi connectivity index (χ1v) is 10.3. The standard InChI is InChI=1S/C10H23BrOSi/c1-4-6-7-8-10-13(3,11)12-9-5-2/h4-10H2,1-3H3. The Balaban J connectivity index is 3.39. The molecule has 0 aromatic carbocycles. The molecule has 0 rings (SSSR count). The normalized spacial score (nSPS) is 15.7. The SMILES string of the molecule is CCCCCC[Si](C)(Br)OCCC. The van der Waals surface area contributed by atoms with Gasteiger partial charge in [-0.1, -0.05) is 54.8 Å². The second-order valence-corrected chi connectivity index (χ2v) is 11.8. The zero-order chi connectivity index (χ0) is 10.2. The highest BCUT2D eigenvalue weighted by atomic mass is 79.9. The summed E-state index contributed by atoms with van der Waals surface area (Å²) in [5.41, 5.74) is 0. The van der Waals surface area contributed by atoms with E-state index in [-0.39, 0.29) is 0 Å². The van der Waals surface area contributed by atoms with Gasteiger partial charge in [-0.05, 0) is 19.0 Å². The van der Waals surface area contributed by atoms with E-state index in [9.17, 15) is 0 Å². The van der Waals surface area contributed by atoms with Gasteiger partial charge in [0.05, 0.1) is 0 Å². The first kappa shape index (κ1) is 13.7. The summed E-state index contributed by atoms with van der Waals surface area (Å²) in [6.45, 7) is 6.12. The van der Waals surface area contributed by atoms with Crippen LogP contribution >= 0.6 is 15.3 Å². The molecule has 0 saturated carbocycles. The fourth-order valence-corrected chi connectivity index (χ4v) is 4.24. The molecule has 0 saturated heterocycles. The molecule has 0 N–H and O–H groups in total. The minimum atomic E-state index is -1.46. The summed E-state index contributed by atoms with van der Waals surface area (Å²) in [6.07, 6.45) is 6.50. The van der Waals surface area contributed by atoms with Crippen molar-refractivity contribution in [3.8, 4) is 0 Å². The fraction of sp³-hybridized carbons (Fsp3) is 1.00. The second-order valence-electron chi connectivity index (χ2n) is 3.76. The molecule has 1 unspecified atom stereocenters. The van der Waals surface area contributed by atoms with Crippen LogP contribution in [0.3, 0.4) is 0 Å². The Morgan fingerprint density at radius 1 is 1.08 bits per heavy atom. The van der Waals surface area contributed by atoms with Crippen LogP contribution in [0, 0.1) is 0 Å². The van der Waals surface area contributed by atoms with E-state index in [1.165, 1.54) is 31.7 Å². The Bertz CT molecular complexity index is 117. The molecule has 0 aliphatic rings. The van der Waals surface area contributed by atoms with Crippen LogP contribution in [0.5, 0.6) is 0 Å². The summed E-state index contributed by atoms with van der Waals surface area (Å²) >= 11 is 3.75. The van der Waals surface area contributed by atoms with E-state index in [1.807, 2.05) is 0 Å². The summed E-state index contributed by atoms with van der Waals surface area (Å²) in [4.78, 5) is 0. The maximum absolute atomic E-state index is 5.81. The van der Waals surface area contributed by atoms with E-state index in [4.69, 9.17) is 4.43 Å². The van der Waals surface area contributed by atoms with Crippen molar-refractivity contribution in [1.82, 2.24) is 0 Å². The number of unbranched alkanes of at least 4 members (excludes halogenated alkanes) is 3. The quantitative estimate of drug-likeness (QED) is 0.358. The number of halogens is 1. The second kappa shape index (κ2) is 8.01. The molecule has 0 fully saturated rings. The third kappa shape index (κ3) is 8.97. The number of hydrogen-bond donors (Lipinski definition) is 0. The van der Waals surface area contributed by atoms with Gasteiger partial charge in [-0.3, -0.25) is 0 Å². The van der Waals surface area contributed by atoms with Crippen molar-refractivity contribution in [2.45, 2.75) is 58.5 Å². The third-order valence-corrected chi connectivity index (χ3v) is 6.01. The van der Waals surface area contributed by atoms with Crippen LogP contribution in [0.25, 0.3) is 0 Å². The maximum Gasteiger partial charge on any atom is 0.260 e. The van der Waals surface area contributed by atoms with Crippen molar-refractivity contribution in [3.05, 3.63) is 0 Å². The predicted molar refractivity (Wildman–Crippen MR) is 65.7 cm³/mol. The van der Waals surface area contributed by atoms with Crippen LogP contribution in [0.1, 0.15) is 46.0 Å². The van der Waals surface area contributed by atoms with E-state index < -0.39 is 6.94 Å². The largest absolute Gasteiger partial charge is 0.407 e. The van der Waals surface area contributed by atoms with E-state index in [0.717, 1.165) is 13.0 Å². The molecule has 0 spiro atoms. The minimum Gasteiger partial charge on any atom is -0.407 e. The average Bonchev–Trinajstić information content (AvgIpc) is 2.09. The molecular formula is C10H23BrOSi. The van der Waals surface area contributed by atoms with Crippen molar-refractivity contribution < 1.29 is 4.43 Å². The number of rotatable bonds is 8. The van der Waals surface area contributed by atoms with Gasteiger partial charge >= 0.3 is 0 Å². The molecule has 0 bridgehead atoms. The van der Waals surface area contributed by atoms with Gasteiger partial charge in [0.25, 0.3) is 6.94 Å². The van der Waals surface area contributed by atoms with Crippen molar-refractivity contribution >= 4 is 22.2 Å². The summed E-state index contributed by atoms with van der Waals surface area (Å²) in [5, 5.41) is 0. The summed E-state index contributed by atoms with van der Waals surface area (Å²) in [6, 6.07) is 1.26. The Morgan fingerprint density at radius 2 is 1.77 bits per heavy atom. The number of hydrogen-bond acceptors (Lipinski definition) is 1. The molecule has 80 valence electrons. The van der Waals surface area contributed by atoms with E-state index in [2.05, 4.69) is 35.7 Å². The van der Waals surface area contributed by atoms with E-state index in [0.29, 0.717) is 0 Å². The molecule has 1 atom stereocenters. The van der Waals surface area contributed by atoms with Gasteiger partial charge in [0, 0.05) is 6.61 Å². The zero-order valence-corrected chi connectivity index (χ0v) is 11.8. The minimum absolute atomic E-state index is 0.918. The lowest BCUT2D eigenvalue weighted by molar-refractivity contribution is 0.316.